The summed E-state index contributed by atoms with van der Waals surface area (Å²) in [6.45, 7) is 0.914. The molecule has 0 aromatic rings. The van der Waals surface area contributed by atoms with Gasteiger partial charge in [-0.15, -0.1) is 0 Å². The van der Waals surface area contributed by atoms with Gasteiger partial charge in [-0.1, -0.05) is 12.2 Å². The molecule has 5 nitrogen and oxygen atoms in total. The Bertz CT molecular complexity index is 339. The number of amides is 1. The van der Waals surface area contributed by atoms with Gasteiger partial charge in [-0.05, 0) is 19.3 Å². The highest BCUT2D eigenvalue weighted by Crippen LogP contribution is 2.22. The van der Waals surface area contributed by atoms with Crippen LogP contribution in [0.15, 0.2) is 12.2 Å². The summed E-state index contributed by atoms with van der Waals surface area (Å²) in [5.41, 5.74) is 0. The second-order valence-corrected chi connectivity index (χ2v) is 4.44. The highest BCUT2D eigenvalue weighted by molar-refractivity contribution is 5.85. The van der Waals surface area contributed by atoms with Gasteiger partial charge in [0.05, 0.1) is 13.2 Å². The Hall–Kier alpha value is -1.36. The molecule has 2 atom stereocenters. The quantitative estimate of drug-likeness (QED) is 0.719. The average molecular weight is 239 g/mol. The first kappa shape index (κ1) is 12.1. The van der Waals surface area contributed by atoms with Gasteiger partial charge in [-0.2, -0.15) is 0 Å². The van der Waals surface area contributed by atoms with E-state index in [0.717, 1.165) is 19.3 Å². The molecule has 0 aromatic carbocycles. The zero-order valence-corrected chi connectivity index (χ0v) is 9.67. The number of morpholine rings is 1. The highest BCUT2D eigenvalue weighted by Gasteiger charge is 2.35. The molecule has 0 radical (unpaired) electrons. The van der Waals surface area contributed by atoms with E-state index < -0.39 is 12.0 Å². The van der Waals surface area contributed by atoms with Crippen molar-refractivity contribution in [2.24, 2.45) is 5.92 Å². The van der Waals surface area contributed by atoms with Crippen molar-refractivity contribution in [3.8, 4) is 0 Å². The van der Waals surface area contributed by atoms with Crippen LogP contribution in [0.3, 0.4) is 0 Å². The fourth-order valence-electron chi connectivity index (χ4n) is 2.32. The number of nitrogens with zero attached hydrogens (tertiary/aromatic N) is 1. The van der Waals surface area contributed by atoms with Gasteiger partial charge in [-0.25, -0.2) is 4.79 Å². The molecule has 94 valence electrons. The number of rotatable bonds is 2. The summed E-state index contributed by atoms with van der Waals surface area (Å²) in [4.78, 5) is 24.8. The number of carbonyl (C=O) groups excluding carboxylic acids is 1. The smallest absolute Gasteiger partial charge is 0.328 e. The Balaban J connectivity index is 2.05. The van der Waals surface area contributed by atoms with Crippen molar-refractivity contribution in [1.29, 1.82) is 0 Å². The summed E-state index contributed by atoms with van der Waals surface area (Å²) in [6, 6.07) is -0.817. The normalized spacial score (nSPS) is 29.1. The zero-order valence-electron chi connectivity index (χ0n) is 9.67. The summed E-state index contributed by atoms with van der Waals surface area (Å²) in [5, 5.41) is 9.07. The van der Waals surface area contributed by atoms with Gasteiger partial charge >= 0.3 is 5.97 Å². The van der Waals surface area contributed by atoms with Crippen LogP contribution in [0.2, 0.25) is 0 Å². The van der Waals surface area contributed by atoms with Gasteiger partial charge in [0.2, 0.25) is 5.91 Å². The number of allylic oxidation sites excluding steroid dienone is 2. The lowest BCUT2D eigenvalue weighted by molar-refractivity contribution is -0.160. The van der Waals surface area contributed by atoms with Gasteiger partial charge in [-0.3, -0.25) is 4.79 Å². The lowest BCUT2D eigenvalue weighted by Crippen LogP contribution is -2.54. The van der Waals surface area contributed by atoms with E-state index in [1.165, 1.54) is 4.90 Å². The SMILES string of the molecule is O=C(O)[C@H]1COCCN1C(=O)[C@@H]1CC=CCC1. The lowest BCUT2D eigenvalue weighted by Gasteiger charge is -2.35. The first-order valence-corrected chi connectivity index (χ1v) is 5.96. The zero-order chi connectivity index (χ0) is 12.3. The molecular weight excluding hydrogens is 222 g/mol. The van der Waals surface area contributed by atoms with E-state index in [1.807, 2.05) is 6.08 Å². The predicted molar refractivity (Wildman–Crippen MR) is 60.4 cm³/mol. The molecule has 1 fully saturated rings. The number of aliphatic carboxylic acids is 1. The van der Waals surface area contributed by atoms with Gasteiger partial charge < -0.3 is 14.7 Å². The molecule has 1 heterocycles. The summed E-state index contributed by atoms with van der Waals surface area (Å²) in [5.74, 6) is -1.07. The molecule has 5 heteroatoms. The van der Waals surface area contributed by atoms with Crippen LogP contribution in [-0.4, -0.2) is 47.7 Å². The third-order valence-corrected chi connectivity index (χ3v) is 3.31. The van der Waals surface area contributed by atoms with E-state index in [1.54, 1.807) is 0 Å². The second kappa shape index (κ2) is 5.31. The molecule has 1 amide bonds. The number of carboxylic acid groups (broad SMARTS) is 1. The van der Waals surface area contributed by atoms with Gasteiger partial charge in [0.1, 0.15) is 0 Å². The van der Waals surface area contributed by atoms with Crippen molar-refractivity contribution < 1.29 is 19.4 Å². The summed E-state index contributed by atoms with van der Waals surface area (Å²) in [7, 11) is 0. The van der Waals surface area contributed by atoms with Crippen LogP contribution in [0, 0.1) is 5.92 Å². The van der Waals surface area contributed by atoms with Crippen LogP contribution in [0.25, 0.3) is 0 Å². The summed E-state index contributed by atoms with van der Waals surface area (Å²) >= 11 is 0. The maximum atomic E-state index is 12.2. The summed E-state index contributed by atoms with van der Waals surface area (Å²) < 4.78 is 5.12. The molecule has 1 saturated heterocycles. The number of carbonyl (C=O) groups is 2. The third-order valence-electron chi connectivity index (χ3n) is 3.31. The fourth-order valence-corrected chi connectivity index (χ4v) is 2.32. The largest absolute Gasteiger partial charge is 0.480 e. The minimum atomic E-state index is -0.982. The fraction of sp³-hybridized carbons (Fsp3) is 0.667. The first-order chi connectivity index (χ1) is 8.20. The molecule has 1 N–H and O–H groups in total. The standard InChI is InChI=1S/C12H17NO4/c14-11(9-4-2-1-3-5-9)13-6-7-17-8-10(13)12(15)16/h1-2,9-10H,3-8H2,(H,15,16)/t9-,10-/m1/s1. The van der Waals surface area contributed by atoms with Crippen LogP contribution in [0.4, 0.5) is 0 Å². The monoisotopic (exact) mass is 239 g/mol. The topological polar surface area (TPSA) is 66.8 Å². The second-order valence-electron chi connectivity index (χ2n) is 4.44. The van der Waals surface area contributed by atoms with Crippen molar-refractivity contribution in [2.45, 2.75) is 25.3 Å². The van der Waals surface area contributed by atoms with Gasteiger partial charge in [0.25, 0.3) is 0 Å². The van der Waals surface area contributed by atoms with Crippen LogP contribution in [-0.2, 0) is 14.3 Å². The maximum absolute atomic E-state index is 12.2. The van der Waals surface area contributed by atoms with Gasteiger partial charge in [0.15, 0.2) is 6.04 Å². The van der Waals surface area contributed by atoms with E-state index in [2.05, 4.69) is 6.08 Å². The molecule has 0 bridgehead atoms. The van der Waals surface area contributed by atoms with Gasteiger partial charge in [0, 0.05) is 12.5 Å². The molecule has 2 rings (SSSR count). The summed E-state index contributed by atoms with van der Waals surface area (Å²) in [6.07, 6.45) is 6.51. The molecule has 0 spiro atoms. The molecule has 17 heavy (non-hydrogen) atoms. The Kier molecular flexibility index (Phi) is 3.78. The molecule has 2 aliphatic rings. The van der Waals surface area contributed by atoms with E-state index in [4.69, 9.17) is 9.84 Å². The Morgan fingerprint density at radius 2 is 2.18 bits per heavy atom. The van der Waals surface area contributed by atoms with E-state index >= 15 is 0 Å². The lowest BCUT2D eigenvalue weighted by atomic mass is 9.92. The Morgan fingerprint density at radius 1 is 1.35 bits per heavy atom. The number of carboxylic acids is 1. The highest BCUT2D eigenvalue weighted by atomic mass is 16.5. The molecule has 1 aliphatic carbocycles. The third kappa shape index (κ3) is 2.66. The van der Waals surface area contributed by atoms with Crippen molar-refractivity contribution in [1.82, 2.24) is 4.90 Å². The molecular formula is C12H17NO4. The van der Waals surface area contributed by atoms with Crippen LogP contribution in [0.5, 0.6) is 0 Å². The van der Waals surface area contributed by atoms with E-state index in [-0.39, 0.29) is 18.4 Å². The van der Waals surface area contributed by atoms with Crippen LogP contribution < -0.4 is 0 Å². The minimum Gasteiger partial charge on any atom is -0.480 e. The van der Waals surface area contributed by atoms with Crippen LogP contribution >= 0.6 is 0 Å². The van der Waals surface area contributed by atoms with Crippen molar-refractivity contribution in [2.75, 3.05) is 19.8 Å². The predicted octanol–water partition coefficient (Wildman–Crippen LogP) is 0.655. The average Bonchev–Trinajstić information content (AvgIpc) is 2.39. The maximum Gasteiger partial charge on any atom is 0.328 e. The molecule has 0 saturated carbocycles. The van der Waals surface area contributed by atoms with Crippen molar-refractivity contribution in [3.63, 3.8) is 0 Å². The number of hydrogen-bond acceptors (Lipinski definition) is 3. The minimum absolute atomic E-state index is 0.0370. The molecule has 0 unspecified atom stereocenters. The van der Waals surface area contributed by atoms with E-state index in [9.17, 15) is 9.59 Å². The van der Waals surface area contributed by atoms with Crippen molar-refractivity contribution in [3.05, 3.63) is 12.2 Å². The number of ether oxygens (including phenoxy) is 1. The van der Waals surface area contributed by atoms with Crippen LogP contribution in [0.1, 0.15) is 19.3 Å². The van der Waals surface area contributed by atoms with E-state index in [0.29, 0.717) is 13.2 Å². The van der Waals surface area contributed by atoms with Crippen molar-refractivity contribution >= 4 is 11.9 Å². The Labute approximate surface area is 100 Å². The number of hydrogen-bond donors (Lipinski definition) is 1. The Morgan fingerprint density at radius 3 is 2.82 bits per heavy atom. The molecule has 1 aliphatic heterocycles. The molecule has 0 aromatic heterocycles. The first-order valence-electron chi connectivity index (χ1n) is 5.96.